The normalized spacial score (nSPS) is 15.0. The van der Waals surface area contributed by atoms with E-state index >= 15 is 0 Å². The molecule has 0 radical (unpaired) electrons. The van der Waals surface area contributed by atoms with E-state index in [1.165, 1.54) is 50.2 Å². The van der Waals surface area contributed by atoms with Gasteiger partial charge in [-0.05, 0) is 54.7 Å². The van der Waals surface area contributed by atoms with Crippen LogP contribution in [0.1, 0.15) is 59.6 Å². The van der Waals surface area contributed by atoms with Gasteiger partial charge in [0.1, 0.15) is 0 Å². The topological polar surface area (TPSA) is 55.0 Å². The first-order valence-electron chi connectivity index (χ1n) is 9.54. The van der Waals surface area contributed by atoms with Crippen molar-refractivity contribution >= 4 is 22.9 Å². The Kier molecular flexibility index (Phi) is 4.80. The van der Waals surface area contributed by atoms with Gasteiger partial charge in [-0.25, -0.2) is 4.79 Å². The zero-order valence-electron chi connectivity index (χ0n) is 15.6. The molecule has 2 heterocycles. The lowest BCUT2D eigenvalue weighted by Crippen LogP contribution is -2.06. The standard InChI is InChI=1S/C23H24N2O2/c1-3-19-18(10-7-13-24-19)22-21(15-8-5-4-6-9-15)17-12-11-16(23(26)27-2)14-20(17)25-22/h3,7,10-15,25H,1,4-6,8-9H2,2H3. The van der Waals surface area contributed by atoms with Crippen molar-refractivity contribution in [3.8, 4) is 11.3 Å². The molecule has 4 rings (SSSR count). The molecule has 0 atom stereocenters. The number of H-pyrrole nitrogens is 1. The summed E-state index contributed by atoms with van der Waals surface area (Å²) in [5, 5.41) is 1.18. The Morgan fingerprint density at radius 3 is 2.81 bits per heavy atom. The minimum absolute atomic E-state index is 0.319. The molecule has 0 spiro atoms. The third-order valence-corrected chi connectivity index (χ3v) is 5.57. The Morgan fingerprint density at radius 2 is 2.07 bits per heavy atom. The number of carbonyl (C=O) groups excluding carboxylic acids is 1. The Bertz CT molecular complexity index is 997. The van der Waals surface area contributed by atoms with Crippen LogP contribution in [0.4, 0.5) is 0 Å². The second-order valence-corrected chi connectivity index (χ2v) is 7.14. The third kappa shape index (κ3) is 3.16. The molecule has 0 unspecified atom stereocenters. The molecule has 0 saturated heterocycles. The number of hydrogen-bond donors (Lipinski definition) is 1. The highest BCUT2D eigenvalue weighted by Gasteiger charge is 2.25. The Labute approximate surface area is 159 Å². The van der Waals surface area contributed by atoms with Crippen molar-refractivity contribution in [3.63, 3.8) is 0 Å². The van der Waals surface area contributed by atoms with Gasteiger partial charge in [-0.2, -0.15) is 0 Å². The van der Waals surface area contributed by atoms with E-state index in [1.807, 2.05) is 18.2 Å². The molecule has 1 aromatic carbocycles. The van der Waals surface area contributed by atoms with E-state index in [0.717, 1.165) is 22.5 Å². The fraction of sp³-hybridized carbons (Fsp3) is 0.304. The van der Waals surface area contributed by atoms with Crippen molar-refractivity contribution in [2.75, 3.05) is 7.11 Å². The van der Waals surface area contributed by atoms with Crippen molar-refractivity contribution in [1.82, 2.24) is 9.97 Å². The van der Waals surface area contributed by atoms with E-state index < -0.39 is 0 Å². The summed E-state index contributed by atoms with van der Waals surface area (Å²) in [6.07, 6.45) is 9.82. The van der Waals surface area contributed by atoms with Crippen LogP contribution in [0.2, 0.25) is 0 Å². The highest BCUT2D eigenvalue weighted by atomic mass is 16.5. The maximum atomic E-state index is 12.0. The zero-order chi connectivity index (χ0) is 18.8. The minimum atomic E-state index is -0.319. The molecule has 4 nitrogen and oxygen atoms in total. The van der Waals surface area contributed by atoms with Gasteiger partial charge in [-0.1, -0.05) is 31.9 Å². The van der Waals surface area contributed by atoms with E-state index in [2.05, 4.69) is 28.7 Å². The first-order chi connectivity index (χ1) is 13.2. The molecule has 0 bridgehead atoms. The molecule has 138 valence electrons. The van der Waals surface area contributed by atoms with Crippen LogP contribution in [-0.2, 0) is 4.74 Å². The summed E-state index contributed by atoms with van der Waals surface area (Å²) in [5.41, 5.74) is 5.90. The number of aromatic nitrogens is 2. The van der Waals surface area contributed by atoms with E-state index in [1.54, 1.807) is 12.3 Å². The molecule has 1 aliphatic rings. The number of hydrogen-bond acceptors (Lipinski definition) is 3. The predicted molar refractivity (Wildman–Crippen MR) is 109 cm³/mol. The average Bonchev–Trinajstić information content (AvgIpc) is 3.12. The van der Waals surface area contributed by atoms with E-state index in [-0.39, 0.29) is 5.97 Å². The summed E-state index contributed by atoms with van der Waals surface area (Å²) >= 11 is 0. The number of carbonyl (C=O) groups is 1. The van der Waals surface area contributed by atoms with Crippen LogP contribution in [-0.4, -0.2) is 23.0 Å². The number of ether oxygens (including phenoxy) is 1. The number of esters is 1. The average molecular weight is 360 g/mol. The number of methoxy groups -OCH3 is 1. The number of rotatable bonds is 4. The van der Waals surface area contributed by atoms with Gasteiger partial charge in [0.25, 0.3) is 0 Å². The molecule has 1 aliphatic carbocycles. The Hall–Kier alpha value is -2.88. The van der Waals surface area contributed by atoms with Crippen LogP contribution >= 0.6 is 0 Å². The molecule has 4 heteroatoms. The molecule has 0 amide bonds. The number of benzene rings is 1. The lowest BCUT2D eigenvalue weighted by molar-refractivity contribution is 0.0601. The van der Waals surface area contributed by atoms with Crippen molar-refractivity contribution < 1.29 is 9.53 Å². The quantitative estimate of drug-likeness (QED) is 0.607. The molecule has 0 aliphatic heterocycles. The van der Waals surface area contributed by atoms with E-state index in [4.69, 9.17) is 4.74 Å². The number of fused-ring (bicyclic) bond motifs is 1. The van der Waals surface area contributed by atoms with Crippen LogP contribution in [0.15, 0.2) is 43.1 Å². The first kappa shape index (κ1) is 17.5. The summed E-state index contributed by atoms with van der Waals surface area (Å²) in [6.45, 7) is 3.92. The Balaban J connectivity index is 1.95. The molecular weight excluding hydrogens is 336 g/mol. The second kappa shape index (κ2) is 7.39. The van der Waals surface area contributed by atoms with Gasteiger partial charge in [-0.3, -0.25) is 4.98 Å². The number of nitrogens with zero attached hydrogens (tertiary/aromatic N) is 1. The molecule has 2 aromatic heterocycles. The van der Waals surface area contributed by atoms with Crippen molar-refractivity contribution in [2.24, 2.45) is 0 Å². The fourth-order valence-corrected chi connectivity index (χ4v) is 4.28. The van der Waals surface area contributed by atoms with Crippen LogP contribution < -0.4 is 0 Å². The van der Waals surface area contributed by atoms with Crippen LogP contribution in [0.25, 0.3) is 28.2 Å². The largest absolute Gasteiger partial charge is 0.465 e. The van der Waals surface area contributed by atoms with Crippen molar-refractivity contribution in [1.29, 1.82) is 0 Å². The predicted octanol–water partition coefficient (Wildman–Crippen LogP) is 5.71. The lowest BCUT2D eigenvalue weighted by atomic mass is 9.81. The summed E-state index contributed by atoms with van der Waals surface area (Å²) in [5.74, 6) is 0.199. The van der Waals surface area contributed by atoms with Gasteiger partial charge in [0.15, 0.2) is 0 Å². The highest BCUT2D eigenvalue weighted by Crippen LogP contribution is 2.43. The number of nitrogens with one attached hydrogen (secondary N) is 1. The van der Waals surface area contributed by atoms with Crippen molar-refractivity contribution in [2.45, 2.75) is 38.0 Å². The van der Waals surface area contributed by atoms with Gasteiger partial charge in [0.2, 0.25) is 0 Å². The summed E-state index contributed by atoms with van der Waals surface area (Å²) in [4.78, 5) is 20.0. The maximum Gasteiger partial charge on any atom is 0.337 e. The summed E-state index contributed by atoms with van der Waals surface area (Å²) in [7, 11) is 1.41. The summed E-state index contributed by atoms with van der Waals surface area (Å²) < 4.78 is 4.88. The van der Waals surface area contributed by atoms with Crippen LogP contribution in [0.3, 0.4) is 0 Å². The monoisotopic (exact) mass is 360 g/mol. The van der Waals surface area contributed by atoms with Crippen molar-refractivity contribution in [3.05, 3.63) is 59.9 Å². The Morgan fingerprint density at radius 1 is 1.26 bits per heavy atom. The van der Waals surface area contributed by atoms with Gasteiger partial charge in [-0.15, -0.1) is 0 Å². The zero-order valence-corrected chi connectivity index (χ0v) is 15.6. The maximum absolute atomic E-state index is 12.0. The number of pyridine rings is 1. The fourth-order valence-electron chi connectivity index (χ4n) is 4.28. The van der Waals surface area contributed by atoms with E-state index in [0.29, 0.717) is 11.5 Å². The lowest BCUT2D eigenvalue weighted by Gasteiger charge is -2.23. The van der Waals surface area contributed by atoms with E-state index in [9.17, 15) is 4.79 Å². The molecule has 27 heavy (non-hydrogen) atoms. The number of aromatic amines is 1. The van der Waals surface area contributed by atoms with Gasteiger partial charge >= 0.3 is 5.97 Å². The minimum Gasteiger partial charge on any atom is -0.465 e. The molecule has 1 fully saturated rings. The molecule has 3 aromatic rings. The van der Waals surface area contributed by atoms with Crippen LogP contribution in [0, 0.1) is 0 Å². The first-order valence-corrected chi connectivity index (χ1v) is 9.54. The van der Waals surface area contributed by atoms with Gasteiger partial charge < -0.3 is 9.72 Å². The SMILES string of the molecule is C=Cc1ncccc1-c1[nH]c2cc(C(=O)OC)ccc2c1C1CCCCC1. The van der Waals surface area contributed by atoms with Crippen LogP contribution in [0.5, 0.6) is 0 Å². The molecular formula is C23H24N2O2. The highest BCUT2D eigenvalue weighted by molar-refractivity contribution is 5.98. The van der Waals surface area contributed by atoms with Gasteiger partial charge in [0, 0.05) is 22.7 Å². The molecule has 1 N–H and O–H groups in total. The second-order valence-electron chi connectivity index (χ2n) is 7.14. The van der Waals surface area contributed by atoms with Gasteiger partial charge in [0.05, 0.1) is 24.1 Å². The third-order valence-electron chi connectivity index (χ3n) is 5.57. The summed E-state index contributed by atoms with van der Waals surface area (Å²) in [6, 6.07) is 9.84. The smallest absolute Gasteiger partial charge is 0.337 e. The molecule has 1 saturated carbocycles.